The first-order valence-corrected chi connectivity index (χ1v) is 13.8. The SMILES string of the molecule is CSc1ccccc1NC(=O)N1CCC(S(=O)(=O)c2ccc(-c3ccsc3)cc2)CC1. The van der Waals surface area contributed by atoms with Gasteiger partial charge in [-0.05, 0) is 71.3 Å². The van der Waals surface area contributed by atoms with Crippen LogP contribution in [0.15, 0.2) is 75.1 Å². The van der Waals surface area contributed by atoms with Crippen molar-refractivity contribution in [2.75, 3.05) is 24.7 Å². The zero-order chi connectivity index (χ0) is 21.8. The third kappa shape index (κ3) is 4.81. The fourth-order valence-electron chi connectivity index (χ4n) is 3.77. The van der Waals surface area contributed by atoms with Crippen molar-refractivity contribution in [2.24, 2.45) is 0 Å². The molecular weight excluding hydrogens is 448 g/mol. The highest BCUT2D eigenvalue weighted by Crippen LogP contribution is 2.29. The molecule has 1 N–H and O–H groups in total. The molecule has 0 radical (unpaired) electrons. The normalized spacial score (nSPS) is 15.1. The van der Waals surface area contributed by atoms with E-state index in [0.717, 1.165) is 21.7 Å². The highest BCUT2D eigenvalue weighted by Gasteiger charge is 2.32. The molecule has 0 spiro atoms. The monoisotopic (exact) mass is 472 g/mol. The van der Waals surface area contributed by atoms with Crippen LogP contribution in [0.1, 0.15) is 12.8 Å². The molecular formula is C23H24N2O3S3. The predicted molar refractivity (Wildman–Crippen MR) is 129 cm³/mol. The van der Waals surface area contributed by atoms with Crippen LogP contribution in [0.4, 0.5) is 10.5 Å². The number of thioether (sulfide) groups is 1. The first-order chi connectivity index (χ1) is 15.0. The minimum atomic E-state index is -3.43. The van der Waals surface area contributed by atoms with Crippen molar-refractivity contribution < 1.29 is 13.2 Å². The maximum Gasteiger partial charge on any atom is 0.321 e. The number of hydrogen-bond acceptors (Lipinski definition) is 5. The van der Waals surface area contributed by atoms with E-state index in [9.17, 15) is 13.2 Å². The van der Waals surface area contributed by atoms with Crippen molar-refractivity contribution in [3.63, 3.8) is 0 Å². The van der Waals surface area contributed by atoms with E-state index in [0.29, 0.717) is 30.8 Å². The van der Waals surface area contributed by atoms with Crippen LogP contribution in [-0.2, 0) is 9.84 Å². The van der Waals surface area contributed by atoms with Gasteiger partial charge in [0.15, 0.2) is 9.84 Å². The number of urea groups is 1. The number of anilines is 1. The molecule has 31 heavy (non-hydrogen) atoms. The molecule has 1 aliphatic heterocycles. The van der Waals surface area contributed by atoms with Gasteiger partial charge in [-0.15, -0.1) is 11.8 Å². The summed E-state index contributed by atoms with van der Waals surface area (Å²) in [7, 11) is -3.43. The Morgan fingerprint density at radius 2 is 1.74 bits per heavy atom. The summed E-state index contributed by atoms with van der Waals surface area (Å²) in [5, 5.41) is 6.53. The van der Waals surface area contributed by atoms with Gasteiger partial charge in [-0.25, -0.2) is 13.2 Å². The van der Waals surface area contributed by atoms with Gasteiger partial charge >= 0.3 is 6.03 Å². The molecule has 2 aromatic carbocycles. The Morgan fingerprint density at radius 3 is 2.39 bits per heavy atom. The second kappa shape index (κ2) is 9.46. The van der Waals surface area contributed by atoms with E-state index in [1.807, 2.05) is 59.5 Å². The van der Waals surface area contributed by atoms with Crippen molar-refractivity contribution in [3.05, 3.63) is 65.4 Å². The van der Waals surface area contributed by atoms with E-state index < -0.39 is 15.1 Å². The molecule has 8 heteroatoms. The standard InChI is InChI=1S/C23H24N2O3S3/c1-29-22-5-3-2-4-21(22)24-23(26)25-13-10-20(11-14-25)31(27,28)19-8-6-17(7-9-19)18-12-15-30-16-18/h2-9,12,15-16,20H,10-11,13-14H2,1H3,(H,24,26). The number of likely N-dealkylation sites (tertiary alicyclic amines) is 1. The van der Waals surface area contributed by atoms with Gasteiger partial charge in [0.1, 0.15) is 0 Å². The molecule has 0 aliphatic carbocycles. The summed E-state index contributed by atoms with van der Waals surface area (Å²) in [4.78, 5) is 15.7. The number of hydrogen-bond donors (Lipinski definition) is 1. The highest BCUT2D eigenvalue weighted by molar-refractivity contribution is 7.98. The van der Waals surface area contributed by atoms with Crippen LogP contribution in [0.25, 0.3) is 11.1 Å². The number of carbonyl (C=O) groups is 1. The zero-order valence-corrected chi connectivity index (χ0v) is 19.6. The molecule has 1 fully saturated rings. The molecule has 1 saturated heterocycles. The number of thiophene rings is 1. The summed E-state index contributed by atoms with van der Waals surface area (Å²) >= 11 is 3.19. The Bertz CT molecular complexity index is 1140. The quantitative estimate of drug-likeness (QED) is 0.490. The van der Waals surface area contributed by atoms with E-state index in [2.05, 4.69) is 5.32 Å². The number of carbonyl (C=O) groups excluding carboxylic acids is 1. The van der Waals surface area contributed by atoms with Crippen molar-refractivity contribution in [2.45, 2.75) is 27.9 Å². The largest absolute Gasteiger partial charge is 0.324 e. The van der Waals surface area contributed by atoms with E-state index in [4.69, 9.17) is 0 Å². The second-order valence-corrected chi connectivity index (χ2v) is 11.3. The summed E-state index contributed by atoms with van der Waals surface area (Å²) in [5.41, 5.74) is 2.88. The van der Waals surface area contributed by atoms with Crippen LogP contribution in [0.2, 0.25) is 0 Å². The Morgan fingerprint density at radius 1 is 1.03 bits per heavy atom. The molecule has 0 atom stereocenters. The Labute approximate surface area is 191 Å². The van der Waals surface area contributed by atoms with Crippen molar-refractivity contribution in [1.82, 2.24) is 4.90 Å². The van der Waals surface area contributed by atoms with Crippen molar-refractivity contribution in [1.29, 1.82) is 0 Å². The fraction of sp³-hybridized carbons (Fsp3) is 0.261. The Balaban J connectivity index is 1.39. The summed E-state index contributed by atoms with van der Waals surface area (Å²) in [5.74, 6) is 0. The molecule has 1 aliphatic rings. The average Bonchev–Trinajstić information content (AvgIpc) is 3.34. The molecule has 162 valence electrons. The molecule has 0 saturated carbocycles. The Hall–Kier alpha value is -2.29. The first-order valence-electron chi connectivity index (χ1n) is 10.0. The van der Waals surface area contributed by atoms with Crippen LogP contribution in [-0.4, -0.2) is 43.9 Å². The Kier molecular flexibility index (Phi) is 6.69. The van der Waals surface area contributed by atoms with Crippen LogP contribution in [0.5, 0.6) is 0 Å². The minimum absolute atomic E-state index is 0.183. The second-order valence-electron chi connectivity index (χ2n) is 7.40. The zero-order valence-electron chi connectivity index (χ0n) is 17.2. The first kappa shape index (κ1) is 21.9. The average molecular weight is 473 g/mol. The topological polar surface area (TPSA) is 66.5 Å². The number of sulfone groups is 1. The number of benzene rings is 2. The van der Waals surface area contributed by atoms with E-state index in [1.54, 1.807) is 40.1 Å². The molecule has 1 aromatic heterocycles. The number of nitrogens with zero attached hydrogens (tertiary/aromatic N) is 1. The van der Waals surface area contributed by atoms with Gasteiger partial charge in [0, 0.05) is 18.0 Å². The lowest BCUT2D eigenvalue weighted by molar-refractivity contribution is 0.200. The van der Waals surface area contributed by atoms with Gasteiger partial charge < -0.3 is 10.2 Å². The number of rotatable bonds is 5. The van der Waals surface area contributed by atoms with Gasteiger partial charge in [0.2, 0.25) is 0 Å². The summed E-state index contributed by atoms with van der Waals surface area (Å²) in [6.07, 6.45) is 2.84. The van der Waals surface area contributed by atoms with Gasteiger partial charge in [0.25, 0.3) is 0 Å². The summed E-state index contributed by atoms with van der Waals surface area (Å²) in [6.45, 7) is 0.842. The minimum Gasteiger partial charge on any atom is -0.324 e. The number of para-hydroxylation sites is 1. The third-order valence-corrected chi connectivity index (χ3v) is 9.31. The number of nitrogens with one attached hydrogen (secondary N) is 1. The van der Waals surface area contributed by atoms with Crippen molar-refractivity contribution in [3.8, 4) is 11.1 Å². The van der Waals surface area contributed by atoms with Crippen LogP contribution in [0, 0.1) is 0 Å². The molecule has 0 bridgehead atoms. The van der Waals surface area contributed by atoms with Gasteiger partial charge in [-0.1, -0.05) is 24.3 Å². The molecule has 0 unspecified atom stereocenters. The number of amides is 2. The summed E-state index contributed by atoms with van der Waals surface area (Å²) < 4.78 is 26.2. The molecule has 3 aromatic rings. The van der Waals surface area contributed by atoms with Crippen LogP contribution < -0.4 is 5.32 Å². The van der Waals surface area contributed by atoms with E-state index in [1.165, 1.54) is 0 Å². The van der Waals surface area contributed by atoms with Gasteiger partial charge in [0.05, 0.1) is 15.8 Å². The van der Waals surface area contributed by atoms with Crippen LogP contribution >= 0.6 is 23.1 Å². The molecule has 4 rings (SSSR count). The fourth-order valence-corrected chi connectivity index (χ4v) is 6.72. The van der Waals surface area contributed by atoms with Gasteiger partial charge in [-0.3, -0.25) is 0 Å². The van der Waals surface area contributed by atoms with Crippen molar-refractivity contribution >= 4 is 44.7 Å². The summed E-state index contributed by atoms with van der Waals surface area (Å²) in [6, 6.07) is 16.6. The third-order valence-electron chi connectivity index (χ3n) is 5.55. The highest BCUT2D eigenvalue weighted by atomic mass is 32.2. The maximum atomic E-state index is 13.1. The van der Waals surface area contributed by atoms with E-state index in [-0.39, 0.29) is 6.03 Å². The maximum absolute atomic E-state index is 13.1. The predicted octanol–water partition coefficient (Wildman–Crippen LogP) is 5.61. The number of piperidine rings is 1. The van der Waals surface area contributed by atoms with E-state index >= 15 is 0 Å². The molecule has 5 nitrogen and oxygen atoms in total. The molecule has 2 amide bonds. The lowest BCUT2D eigenvalue weighted by Crippen LogP contribution is -2.44. The van der Waals surface area contributed by atoms with Gasteiger partial charge in [-0.2, -0.15) is 11.3 Å². The molecule has 2 heterocycles. The lowest BCUT2D eigenvalue weighted by Gasteiger charge is -2.32. The van der Waals surface area contributed by atoms with Crippen LogP contribution in [0.3, 0.4) is 0 Å². The smallest absolute Gasteiger partial charge is 0.321 e. The lowest BCUT2D eigenvalue weighted by atomic mass is 10.1.